The van der Waals surface area contributed by atoms with Crippen LogP contribution in [0.4, 0.5) is 5.69 Å². The van der Waals surface area contributed by atoms with Crippen molar-refractivity contribution < 1.29 is 9.72 Å². The minimum Gasteiger partial charge on any atom is -0.341 e. The smallest absolute Gasteiger partial charge is 0.288 e. The molecule has 7 heteroatoms. The molecule has 0 N–H and O–H groups in total. The second-order valence-corrected chi connectivity index (χ2v) is 5.63. The molecule has 1 saturated heterocycles. The highest BCUT2D eigenvalue weighted by Gasteiger charge is 2.21. The molecule has 1 aliphatic rings. The van der Waals surface area contributed by atoms with E-state index >= 15 is 0 Å². The van der Waals surface area contributed by atoms with Crippen LogP contribution in [0.2, 0.25) is 0 Å². The van der Waals surface area contributed by atoms with Gasteiger partial charge in [0.1, 0.15) is 6.54 Å². The first-order valence-corrected chi connectivity index (χ1v) is 7.01. The van der Waals surface area contributed by atoms with Crippen molar-refractivity contribution in [3.63, 3.8) is 0 Å². The highest BCUT2D eigenvalue weighted by molar-refractivity contribution is 5.76. The van der Waals surface area contributed by atoms with E-state index < -0.39 is 10.5 Å². The van der Waals surface area contributed by atoms with Crippen LogP contribution in [0.15, 0.2) is 17.1 Å². The zero-order valence-corrected chi connectivity index (χ0v) is 12.2. The molecule has 0 saturated carbocycles. The number of likely N-dealkylation sites (tertiary alicyclic amines) is 1. The quantitative estimate of drug-likeness (QED) is 0.621. The lowest BCUT2D eigenvalue weighted by Gasteiger charge is -2.30. The number of aryl methyl sites for hydroxylation is 1. The zero-order chi connectivity index (χ0) is 15.6. The number of carbonyl (C=O) groups is 1. The van der Waals surface area contributed by atoms with Crippen molar-refractivity contribution in [2.75, 3.05) is 13.1 Å². The number of piperidine rings is 1. The second kappa shape index (κ2) is 6.07. The van der Waals surface area contributed by atoms with Gasteiger partial charge in [0.05, 0.1) is 11.1 Å². The summed E-state index contributed by atoms with van der Waals surface area (Å²) >= 11 is 0. The third kappa shape index (κ3) is 3.48. The molecule has 0 radical (unpaired) electrons. The minimum absolute atomic E-state index is 0.144. The van der Waals surface area contributed by atoms with Crippen LogP contribution in [-0.2, 0) is 11.3 Å². The van der Waals surface area contributed by atoms with E-state index in [2.05, 4.69) is 6.92 Å². The third-order valence-corrected chi connectivity index (χ3v) is 3.94. The fraction of sp³-hybridized carbons (Fsp3) is 0.571. The Morgan fingerprint density at radius 2 is 2.05 bits per heavy atom. The van der Waals surface area contributed by atoms with Crippen LogP contribution in [0.25, 0.3) is 0 Å². The van der Waals surface area contributed by atoms with E-state index in [0.717, 1.165) is 23.6 Å². The highest BCUT2D eigenvalue weighted by Crippen LogP contribution is 2.17. The van der Waals surface area contributed by atoms with Crippen LogP contribution in [0, 0.1) is 23.0 Å². The molecule has 1 aromatic heterocycles. The van der Waals surface area contributed by atoms with Crippen LogP contribution in [-0.4, -0.2) is 33.4 Å². The molecule has 1 amide bonds. The lowest BCUT2D eigenvalue weighted by atomic mass is 9.99. The molecular formula is C14H19N3O4. The zero-order valence-electron chi connectivity index (χ0n) is 12.2. The molecule has 2 heterocycles. The number of carbonyl (C=O) groups excluding carboxylic acids is 1. The first-order valence-electron chi connectivity index (χ1n) is 7.01. The van der Waals surface area contributed by atoms with E-state index in [1.54, 1.807) is 4.90 Å². The van der Waals surface area contributed by atoms with Crippen molar-refractivity contribution in [3.05, 3.63) is 38.3 Å². The summed E-state index contributed by atoms with van der Waals surface area (Å²) in [5.74, 6) is 0.444. The van der Waals surface area contributed by atoms with E-state index in [1.807, 2.05) is 0 Å². The Balaban J connectivity index is 2.16. The first kappa shape index (κ1) is 15.2. The molecule has 1 aliphatic heterocycles. The van der Waals surface area contributed by atoms with Crippen LogP contribution in [0.5, 0.6) is 0 Å². The molecule has 0 aromatic carbocycles. The third-order valence-electron chi connectivity index (χ3n) is 3.94. The summed E-state index contributed by atoms with van der Waals surface area (Å²) in [5.41, 5.74) is -0.230. The van der Waals surface area contributed by atoms with E-state index in [-0.39, 0.29) is 18.1 Å². The maximum Gasteiger partial charge on any atom is 0.288 e. The Morgan fingerprint density at radius 1 is 1.43 bits per heavy atom. The number of aromatic nitrogens is 1. The average molecular weight is 293 g/mol. The summed E-state index contributed by atoms with van der Waals surface area (Å²) in [6, 6.07) is 1.20. The number of pyridine rings is 1. The number of hydrogen-bond acceptors (Lipinski definition) is 4. The lowest BCUT2D eigenvalue weighted by molar-refractivity contribution is -0.385. The van der Waals surface area contributed by atoms with Crippen molar-refractivity contribution in [1.82, 2.24) is 9.47 Å². The van der Waals surface area contributed by atoms with Crippen LogP contribution in [0.1, 0.15) is 25.3 Å². The molecule has 0 atom stereocenters. The van der Waals surface area contributed by atoms with Gasteiger partial charge < -0.3 is 4.90 Å². The van der Waals surface area contributed by atoms with Gasteiger partial charge in [0.25, 0.3) is 11.2 Å². The van der Waals surface area contributed by atoms with E-state index in [0.29, 0.717) is 24.6 Å². The van der Waals surface area contributed by atoms with Gasteiger partial charge >= 0.3 is 0 Å². The van der Waals surface area contributed by atoms with Gasteiger partial charge in [-0.2, -0.15) is 0 Å². The van der Waals surface area contributed by atoms with Gasteiger partial charge in [0, 0.05) is 24.7 Å². The summed E-state index contributed by atoms with van der Waals surface area (Å²) in [5, 5.41) is 10.9. The maximum absolute atomic E-state index is 12.2. The Labute approximate surface area is 122 Å². The molecule has 0 spiro atoms. The molecule has 0 aliphatic carbocycles. The topological polar surface area (TPSA) is 85.5 Å². The first-order chi connectivity index (χ1) is 9.88. The molecule has 114 valence electrons. The number of hydrogen-bond donors (Lipinski definition) is 0. The van der Waals surface area contributed by atoms with Gasteiger partial charge in [-0.25, -0.2) is 0 Å². The van der Waals surface area contributed by atoms with Crippen molar-refractivity contribution >= 4 is 11.6 Å². The fourth-order valence-corrected chi connectivity index (χ4v) is 2.47. The van der Waals surface area contributed by atoms with Crippen molar-refractivity contribution in [1.29, 1.82) is 0 Å². The summed E-state index contributed by atoms with van der Waals surface area (Å²) < 4.78 is 1.12. The average Bonchev–Trinajstić information content (AvgIpc) is 2.42. The van der Waals surface area contributed by atoms with Crippen LogP contribution >= 0.6 is 0 Å². The fourth-order valence-electron chi connectivity index (χ4n) is 2.47. The molecule has 0 bridgehead atoms. The van der Waals surface area contributed by atoms with E-state index in [9.17, 15) is 19.7 Å². The van der Waals surface area contributed by atoms with Gasteiger partial charge in [0.2, 0.25) is 5.91 Å². The second-order valence-electron chi connectivity index (χ2n) is 5.63. The van der Waals surface area contributed by atoms with Gasteiger partial charge in [0.15, 0.2) is 0 Å². The van der Waals surface area contributed by atoms with Crippen molar-refractivity contribution in [2.24, 2.45) is 5.92 Å². The maximum atomic E-state index is 12.2. The summed E-state index contributed by atoms with van der Waals surface area (Å²) in [4.78, 5) is 36.1. The van der Waals surface area contributed by atoms with E-state index in [4.69, 9.17) is 0 Å². The summed E-state index contributed by atoms with van der Waals surface area (Å²) in [6.07, 6.45) is 3.06. The predicted octanol–water partition coefficient (Wildman–Crippen LogP) is 1.32. The standard InChI is InChI=1S/C14H19N3O4/c1-10-3-5-15(6-4-10)14(19)9-16-8-12(17(20)21)11(2)7-13(16)18/h7-8,10H,3-6,9H2,1-2H3. The van der Waals surface area contributed by atoms with Crippen LogP contribution < -0.4 is 5.56 Å². The predicted molar refractivity (Wildman–Crippen MR) is 77.1 cm³/mol. The van der Waals surface area contributed by atoms with Gasteiger partial charge in [-0.15, -0.1) is 0 Å². The molecular weight excluding hydrogens is 274 g/mol. The van der Waals surface area contributed by atoms with Gasteiger partial charge in [-0.1, -0.05) is 6.92 Å². The normalized spacial score (nSPS) is 16.0. The molecule has 1 fully saturated rings. The number of amides is 1. The van der Waals surface area contributed by atoms with Crippen molar-refractivity contribution in [2.45, 2.75) is 33.2 Å². The monoisotopic (exact) mass is 293 g/mol. The SMILES string of the molecule is Cc1cc(=O)n(CC(=O)N2CCC(C)CC2)cc1[N+](=O)[O-]. The van der Waals surface area contributed by atoms with Gasteiger partial charge in [-0.3, -0.25) is 24.3 Å². The number of rotatable bonds is 3. The highest BCUT2D eigenvalue weighted by atomic mass is 16.6. The Kier molecular flexibility index (Phi) is 4.40. The molecule has 7 nitrogen and oxygen atoms in total. The molecule has 21 heavy (non-hydrogen) atoms. The molecule has 1 aromatic rings. The lowest BCUT2D eigenvalue weighted by Crippen LogP contribution is -2.41. The largest absolute Gasteiger partial charge is 0.341 e. The molecule has 2 rings (SSSR count). The van der Waals surface area contributed by atoms with Crippen LogP contribution in [0.3, 0.4) is 0 Å². The summed E-state index contributed by atoms with van der Waals surface area (Å²) in [7, 11) is 0. The van der Waals surface area contributed by atoms with E-state index in [1.165, 1.54) is 13.0 Å². The van der Waals surface area contributed by atoms with Crippen molar-refractivity contribution in [3.8, 4) is 0 Å². The summed E-state index contributed by atoms with van der Waals surface area (Å²) in [6.45, 7) is 4.88. The minimum atomic E-state index is -0.543. The Morgan fingerprint density at radius 3 is 2.62 bits per heavy atom. The Bertz CT molecular complexity index is 615. The van der Waals surface area contributed by atoms with Gasteiger partial charge in [-0.05, 0) is 25.7 Å². The molecule has 0 unspecified atom stereocenters. The Hall–Kier alpha value is -2.18. The number of nitrogens with zero attached hydrogens (tertiary/aromatic N) is 3. The number of nitro groups is 1.